The Morgan fingerprint density at radius 2 is 1.18 bits per heavy atom. The normalized spacial score (nSPS) is 21.0. The molecule has 15 nitrogen and oxygen atoms in total. The van der Waals surface area contributed by atoms with Gasteiger partial charge in [-0.05, 0) is 93.1 Å². The third-order valence-corrected chi connectivity index (χ3v) is 18.8. The molecule has 4 heterocycles. The van der Waals surface area contributed by atoms with E-state index in [0.717, 1.165) is 74.9 Å². The van der Waals surface area contributed by atoms with Crippen LogP contribution in [0.15, 0.2) is 95.8 Å². The molecule has 2 saturated carbocycles. The lowest BCUT2D eigenvalue weighted by Gasteiger charge is -2.28. The van der Waals surface area contributed by atoms with Gasteiger partial charge in [0.25, 0.3) is 11.1 Å². The van der Waals surface area contributed by atoms with Gasteiger partial charge in [-0.1, -0.05) is 56.1 Å². The number of aromatic amines is 1. The standard InChI is InChI=1S/C29H43FN4O4SSi.C23H29FN4O3S.ClH/c1-5-12-32(27-20-26(27)23-8-10-24(30)11-9-23)13-6-7-25-21-34(22-38-16-19-40(2,3)4)29(35)28(31-25)33-14-17-39(36,37)18-15-33;1-2-9-27(21-15-20(21)17-5-7-18(24)8-6-17)10-3-4-19-16-25-23(29)22(26-19)28-11-13-32(30,31)14-12-28;/h5,8-11,21,26-27H,1,6-7,12-20,22H2,2-4H3;2,5-8,16,20-21H,1,3-4,9-15H2,(H,25,29);1H/t26-,27+;20-,21+;/m00./s1. The van der Waals surface area contributed by atoms with Crippen LogP contribution in [0.3, 0.4) is 0 Å². The van der Waals surface area contributed by atoms with Gasteiger partial charge in [0, 0.05) is 90.3 Å². The molecular formula is C52H73ClF2N8O7S2Si. The predicted octanol–water partition coefficient (Wildman–Crippen LogP) is 6.45. The first-order valence-corrected chi connectivity index (χ1v) is 32.6. The quantitative estimate of drug-likeness (QED) is 0.0489. The van der Waals surface area contributed by atoms with Gasteiger partial charge in [-0.3, -0.25) is 24.0 Å². The fraction of sp³-hybridized carbons (Fsp3) is 0.538. The van der Waals surface area contributed by atoms with Gasteiger partial charge in [-0.25, -0.2) is 35.6 Å². The van der Waals surface area contributed by atoms with E-state index in [0.29, 0.717) is 68.1 Å². The first-order chi connectivity index (χ1) is 34.3. The molecule has 0 radical (unpaired) electrons. The molecule has 2 aromatic carbocycles. The molecule has 1 N–H and O–H groups in total. The van der Waals surface area contributed by atoms with E-state index in [4.69, 9.17) is 9.72 Å². The summed E-state index contributed by atoms with van der Waals surface area (Å²) in [5.74, 6) is 1.15. The Balaban J connectivity index is 0.000000240. The number of benzene rings is 2. The Bertz CT molecular complexity index is 2810. The van der Waals surface area contributed by atoms with Gasteiger partial charge < -0.3 is 19.5 Å². The minimum Gasteiger partial charge on any atom is -0.361 e. The van der Waals surface area contributed by atoms with Crippen LogP contribution in [0.5, 0.6) is 0 Å². The molecule has 73 heavy (non-hydrogen) atoms. The monoisotopic (exact) mass is 1090 g/mol. The topological polar surface area (TPSA) is 171 Å². The SMILES string of the molecule is C=CCN(CCCc1c[nH]c(=O)c(N2CCS(=O)(=O)CC2)n1)[C@@H]1C[C@H]1c1ccc(F)cc1.C=CCN(CCCc1cn(COCC[Si](C)(C)C)c(=O)c(N2CCS(=O)(=O)CC2)n1)[C@@H]1C[C@H]1c1ccc(F)cc1.Cl. The molecule has 2 saturated heterocycles. The summed E-state index contributed by atoms with van der Waals surface area (Å²) in [5, 5.41) is 0. The molecule has 400 valence electrons. The molecule has 2 aliphatic heterocycles. The fourth-order valence-electron chi connectivity index (χ4n) is 9.52. The molecule has 2 aromatic heterocycles. The summed E-state index contributed by atoms with van der Waals surface area (Å²) in [4.78, 5) is 45.9. The van der Waals surface area contributed by atoms with Gasteiger partial charge in [-0.15, -0.1) is 25.6 Å². The number of aryl methyl sites for hydroxylation is 2. The van der Waals surface area contributed by atoms with Crippen molar-refractivity contribution in [3.05, 3.63) is 141 Å². The first-order valence-electron chi connectivity index (χ1n) is 25.2. The van der Waals surface area contributed by atoms with Crippen LogP contribution in [0.25, 0.3) is 0 Å². The van der Waals surface area contributed by atoms with Crippen LogP contribution in [0.4, 0.5) is 20.4 Å². The maximum absolute atomic E-state index is 13.4. The molecule has 0 bridgehead atoms. The van der Waals surface area contributed by atoms with Crippen LogP contribution >= 0.6 is 12.4 Å². The third-order valence-electron chi connectivity index (χ3n) is 13.9. The van der Waals surface area contributed by atoms with Crippen molar-refractivity contribution >= 4 is 51.8 Å². The number of nitrogens with one attached hydrogen (secondary N) is 1. The van der Waals surface area contributed by atoms with Gasteiger partial charge in [0.1, 0.15) is 18.4 Å². The molecule has 8 rings (SSSR count). The average molecular weight is 1090 g/mol. The lowest BCUT2D eigenvalue weighted by molar-refractivity contribution is 0.0844. The number of hydrogen-bond donors (Lipinski definition) is 1. The number of anilines is 2. The van der Waals surface area contributed by atoms with Crippen LogP contribution in [0.1, 0.15) is 60.0 Å². The summed E-state index contributed by atoms with van der Waals surface area (Å²) in [6.45, 7) is 19.8. The highest BCUT2D eigenvalue weighted by atomic mass is 35.5. The Hall–Kier alpha value is -4.57. The molecule has 4 atom stereocenters. The van der Waals surface area contributed by atoms with Crippen molar-refractivity contribution in [1.29, 1.82) is 0 Å². The second-order valence-electron chi connectivity index (χ2n) is 20.7. The molecular weight excluding hydrogens is 1010 g/mol. The molecule has 4 aliphatic rings. The second kappa shape index (κ2) is 25.8. The van der Waals surface area contributed by atoms with Gasteiger partial charge in [-0.2, -0.15) is 0 Å². The maximum atomic E-state index is 13.4. The largest absolute Gasteiger partial charge is 0.361 e. The van der Waals surface area contributed by atoms with E-state index in [1.54, 1.807) is 26.8 Å². The number of aromatic nitrogens is 4. The van der Waals surface area contributed by atoms with E-state index < -0.39 is 27.7 Å². The zero-order valence-corrected chi connectivity index (χ0v) is 45.9. The number of ether oxygens (including phenoxy) is 1. The summed E-state index contributed by atoms with van der Waals surface area (Å²) in [6.07, 6.45) is 12.4. The van der Waals surface area contributed by atoms with Crippen LogP contribution < -0.4 is 20.9 Å². The lowest BCUT2D eigenvalue weighted by Crippen LogP contribution is -2.44. The molecule has 0 unspecified atom stereocenters. The van der Waals surface area contributed by atoms with Crippen LogP contribution in [-0.4, -0.2) is 148 Å². The fourth-order valence-corrected chi connectivity index (χ4v) is 12.7. The summed E-state index contributed by atoms with van der Waals surface area (Å²) in [7, 11) is -7.36. The highest BCUT2D eigenvalue weighted by Gasteiger charge is 2.43. The van der Waals surface area contributed by atoms with Gasteiger partial charge in [0.15, 0.2) is 31.3 Å². The Morgan fingerprint density at radius 1 is 0.726 bits per heavy atom. The average Bonchev–Trinajstić information content (AvgIpc) is 4.28. The molecule has 0 amide bonds. The van der Waals surface area contributed by atoms with Gasteiger partial charge >= 0.3 is 0 Å². The van der Waals surface area contributed by atoms with Crippen LogP contribution in [0.2, 0.25) is 25.7 Å². The van der Waals surface area contributed by atoms with Crippen molar-refractivity contribution in [2.75, 3.05) is 91.8 Å². The van der Waals surface area contributed by atoms with E-state index in [9.17, 15) is 35.2 Å². The maximum Gasteiger partial charge on any atom is 0.295 e. The minimum absolute atomic E-state index is 0. The van der Waals surface area contributed by atoms with Gasteiger partial charge in [0.2, 0.25) is 0 Å². The van der Waals surface area contributed by atoms with Crippen LogP contribution in [0, 0.1) is 11.6 Å². The van der Waals surface area contributed by atoms with Crippen LogP contribution in [-0.2, 0) is 44.0 Å². The Labute approximate surface area is 437 Å². The number of halogens is 3. The Morgan fingerprint density at radius 3 is 1.64 bits per heavy atom. The molecule has 2 aliphatic carbocycles. The number of H-pyrrole nitrogens is 1. The first kappa shape index (κ1) is 57.7. The van der Waals surface area contributed by atoms with E-state index in [2.05, 4.69) is 52.6 Å². The Kier molecular flexibility index (Phi) is 20.4. The molecule has 4 aromatic rings. The predicted molar refractivity (Wildman–Crippen MR) is 292 cm³/mol. The highest BCUT2D eigenvalue weighted by Crippen LogP contribution is 2.45. The van der Waals surface area contributed by atoms with Crippen molar-refractivity contribution in [2.24, 2.45) is 0 Å². The second-order valence-corrected chi connectivity index (χ2v) is 30.9. The zero-order valence-electron chi connectivity index (χ0n) is 42.5. The summed E-state index contributed by atoms with van der Waals surface area (Å²) in [6, 6.07) is 15.4. The van der Waals surface area contributed by atoms with Crippen molar-refractivity contribution < 1.29 is 30.4 Å². The number of hydrogen-bond acceptors (Lipinski definition) is 13. The third kappa shape index (κ3) is 17.0. The van der Waals surface area contributed by atoms with E-state index in [1.807, 2.05) is 36.4 Å². The van der Waals surface area contributed by atoms with Crippen molar-refractivity contribution in [3.63, 3.8) is 0 Å². The van der Waals surface area contributed by atoms with E-state index in [1.165, 1.54) is 29.8 Å². The molecule has 0 spiro atoms. The van der Waals surface area contributed by atoms with Crippen molar-refractivity contribution in [1.82, 2.24) is 29.3 Å². The van der Waals surface area contributed by atoms with E-state index >= 15 is 0 Å². The van der Waals surface area contributed by atoms with Gasteiger partial charge in [0.05, 0.1) is 34.4 Å². The number of sulfone groups is 2. The number of nitrogens with zero attached hydrogens (tertiary/aromatic N) is 7. The zero-order chi connectivity index (χ0) is 51.6. The molecule has 21 heteroatoms. The minimum atomic E-state index is -3.08. The highest BCUT2D eigenvalue weighted by molar-refractivity contribution is 7.91. The summed E-state index contributed by atoms with van der Waals surface area (Å²) in [5.41, 5.74) is 3.38. The molecule has 4 fully saturated rings. The van der Waals surface area contributed by atoms with E-state index in [-0.39, 0.29) is 78.0 Å². The number of rotatable bonds is 23. The smallest absolute Gasteiger partial charge is 0.295 e. The van der Waals surface area contributed by atoms with Crippen molar-refractivity contribution in [2.45, 2.75) is 94.9 Å². The summed E-state index contributed by atoms with van der Waals surface area (Å²) >= 11 is 0. The summed E-state index contributed by atoms with van der Waals surface area (Å²) < 4.78 is 81.3. The lowest BCUT2D eigenvalue weighted by atomic mass is 10.1. The van der Waals surface area contributed by atoms with Crippen molar-refractivity contribution in [3.8, 4) is 0 Å².